The summed E-state index contributed by atoms with van der Waals surface area (Å²) in [7, 11) is 3.36. The second-order valence-electron chi connectivity index (χ2n) is 9.25. The zero-order valence-corrected chi connectivity index (χ0v) is 21.4. The highest BCUT2D eigenvalue weighted by atomic mass is 16.5. The summed E-state index contributed by atoms with van der Waals surface area (Å²) in [5.41, 5.74) is 7.49. The normalized spacial score (nSPS) is 13.5. The summed E-state index contributed by atoms with van der Waals surface area (Å²) in [5.74, 6) is 1.36. The predicted octanol–water partition coefficient (Wildman–Crippen LogP) is 6.99. The third kappa shape index (κ3) is 4.75. The molecule has 0 aromatic heterocycles. The van der Waals surface area contributed by atoms with Crippen LogP contribution in [0, 0.1) is 0 Å². The van der Waals surface area contributed by atoms with Crippen molar-refractivity contribution < 1.29 is 19.0 Å². The summed E-state index contributed by atoms with van der Waals surface area (Å²) in [4.78, 5) is 11.7. The van der Waals surface area contributed by atoms with E-state index in [1.54, 1.807) is 14.2 Å². The van der Waals surface area contributed by atoms with Gasteiger partial charge in [0.25, 0.3) is 0 Å². The monoisotopic (exact) mass is 490 g/mol. The third-order valence-corrected chi connectivity index (χ3v) is 7.17. The topological polar surface area (TPSA) is 44.8 Å². The lowest BCUT2D eigenvalue weighted by Crippen LogP contribution is -2.31. The lowest BCUT2D eigenvalue weighted by Gasteiger charge is -2.36. The molecule has 0 heterocycles. The van der Waals surface area contributed by atoms with Crippen LogP contribution in [0.15, 0.2) is 97.1 Å². The summed E-state index contributed by atoms with van der Waals surface area (Å²) in [5, 5.41) is 0. The minimum atomic E-state index is -0.376. The van der Waals surface area contributed by atoms with Gasteiger partial charge in [0.1, 0.15) is 18.1 Å². The Morgan fingerprint density at radius 2 is 1.38 bits per heavy atom. The lowest BCUT2D eigenvalue weighted by atomic mass is 9.66. The maximum Gasteiger partial charge on any atom is 0.302 e. The molecule has 0 saturated carbocycles. The summed E-state index contributed by atoms with van der Waals surface area (Å²) >= 11 is 0. The zero-order valence-electron chi connectivity index (χ0n) is 21.4. The number of rotatable bonds is 7. The summed E-state index contributed by atoms with van der Waals surface area (Å²) in [6, 6.07) is 31.2. The minimum absolute atomic E-state index is 0.227. The lowest BCUT2D eigenvalue weighted by molar-refractivity contribution is -0.142. The molecule has 4 nitrogen and oxygen atoms in total. The van der Waals surface area contributed by atoms with Gasteiger partial charge >= 0.3 is 5.97 Å². The molecule has 186 valence electrons. The molecular formula is C33H30O4. The van der Waals surface area contributed by atoms with Crippen LogP contribution in [0.1, 0.15) is 34.7 Å². The Hall–Kier alpha value is -4.31. The molecule has 0 saturated heterocycles. The molecule has 0 amide bonds. The molecule has 0 fully saturated rings. The molecule has 0 spiro atoms. The van der Waals surface area contributed by atoms with E-state index in [1.165, 1.54) is 23.6 Å². The van der Waals surface area contributed by atoms with Gasteiger partial charge in [0.2, 0.25) is 0 Å². The van der Waals surface area contributed by atoms with Gasteiger partial charge in [0.15, 0.2) is 0 Å². The highest BCUT2D eigenvalue weighted by Gasteiger charge is 2.36. The van der Waals surface area contributed by atoms with Crippen molar-refractivity contribution in [1.82, 2.24) is 0 Å². The molecule has 4 aromatic rings. The third-order valence-electron chi connectivity index (χ3n) is 7.17. The number of hydrogen-bond acceptors (Lipinski definition) is 4. The van der Waals surface area contributed by atoms with Crippen LogP contribution in [0.4, 0.5) is 0 Å². The molecule has 0 unspecified atom stereocenters. The molecule has 0 aliphatic heterocycles. The van der Waals surface area contributed by atoms with Crippen LogP contribution >= 0.6 is 0 Å². The number of allylic oxidation sites excluding steroid dienone is 1. The molecule has 1 aliphatic rings. The first-order valence-corrected chi connectivity index (χ1v) is 12.4. The highest BCUT2D eigenvalue weighted by Crippen LogP contribution is 2.44. The minimum Gasteiger partial charge on any atom is -0.497 e. The standard InChI is InChI=1S/C33H30O4/c1-23(34)37-22-32-30(24-7-5-4-6-8-24)18-9-25-21-33(20-19-31(25)32,26-10-14-28(35-2)15-11-26)27-12-16-29(36-3)17-13-27/h4-20H,21-22H2,1-3H3. The number of esters is 1. The van der Waals surface area contributed by atoms with Crippen molar-refractivity contribution in [3.63, 3.8) is 0 Å². The van der Waals surface area contributed by atoms with Gasteiger partial charge in [0.05, 0.1) is 14.2 Å². The Morgan fingerprint density at radius 1 is 0.784 bits per heavy atom. The van der Waals surface area contributed by atoms with Crippen LogP contribution < -0.4 is 9.47 Å². The number of methoxy groups -OCH3 is 2. The van der Waals surface area contributed by atoms with Gasteiger partial charge in [0, 0.05) is 17.9 Å². The average Bonchev–Trinajstić information content (AvgIpc) is 2.96. The van der Waals surface area contributed by atoms with E-state index in [-0.39, 0.29) is 18.0 Å². The Kier molecular flexibility index (Phi) is 6.82. The Labute approximate surface area is 218 Å². The van der Waals surface area contributed by atoms with Gasteiger partial charge in [-0.05, 0) is 64.1 Å². The summed E-state index contributed by atoms with van der Waals surface area (Å²) in [6.07, 6.45) is 5.24. The van der Waals surface area contributed by atoms with Gasteiger partial charge in [-0.25, -0.2) is 0 Å². The Bertz CT molecular complexity index is 1370. The fraction of sp³-hybridized carbons (Fsp3) is 0.182. The number of carbonyl (C=O) groups excluding carboxylic acids is 1. The number of benzene rings is 4. The van der Waals surface area contributed by atoms with E-state index in [0.29, 0.717) is 0 Å². The van der Waals surface area contributed by atoms with E-state index in [9.17, 15) is 4.79 Å². The molecule has 4 aromatic carbocycles. The second kappa shape index (κ2) is 10.4. The second-order valence-corrected chi connectivity index (χ2v) is 9.25. The first-order valence-electron chi connectivity index (χ1n) is 12.4. The number of fused-ring (bicyclic) bond motifs is 1. The van der Waals surface area contributed by atoms with Crippen molar-refractivity contribution in [2.24, 2.45) is 0 Å². The largest absolute Gasteiger partial charge is 0.497 e. The van der Waals surface area contributed by atoms with Gasteiger partial charge in [-0.3, -0.25) is 4.79 Å². The van der Waals surface area contributed by atoms with Crippen LogP contribution in [0.25, 0.3) is 17.2 Å². The van der Waals surface area contributed by atoms with Crippen LogP contribution in [0.3, 0.4) is 0 Å². The van der Waals surface area contributed by atoms with Crippen LogP contribution in [0.2, 0.25) is 0 Å². The molecule has 1 aliphatic carbocycles. The number of ether oxygens (including phenoxy) is 3. The number of carbonyl (C=O) groups is 1. The SMILES string of the molecule is COc1ccc(C2(c3ccc(OC)cc3)C=Cc3c(ccc(-c4ccccc4)c3COC(C)=O)C2)cc1. The average molecular weight is 491 g/mol. The molecule has 37 heavy (non-hydrogen) atoms. The molecule has 0 bridgehead atoms. The first kappa shape index (κ1) is 24.4. The van der Waals surface area contributed by atoms with Crippen LogP contribution in [0.5, 0.6) is 11.5 Å². The molecule has 0 atom stereocenters. The van der Waals surface area contributed by atoms with E-state index in [2.05, 4.69) is 60.7 Å². The molecule has 0 radical (unpaired) electrons. The fourth-order valence-electron chi connectivity index (χ4n) is 5.22. The van der Waals surface area contributed by atoms with Crippen molar-refractivity contribution in [2.45, 2.75) is 25.4 Å². The van der Waals surface area contributed by atoms with Gasteiger partial charge in [-0.2, -0.15) is 0 Å². The maximum absolute atomic E-state index is 11.7. The smallest absolute Gasteiger partial charge is 0.302 e. The molecule has 4 heteroatoms. The Morgan fingerprint density at radius 3 is 1.92 bits per heavy atom. The van der Waals surface area contributed by atoms with Crippen molar-refractivity contribution in [3.05, 3.63) is 125 Å². The van der Waals surface area contributed by atoms with Gasteiger partial charge in [-0.15, -0.1) is 0 Å². The quantitative estimate of drug-likeness (QED) is 0.262. The fourth-order valence-corrected chi connectivity index (χ4v) is 5.22. The van der Waals surface area contributed by atoms with E-state index < -0.39 is 0 Å². The number of hydrogen-bond donors (Lipinski definition) is 0. The van der Waals surface area contributed by atoms with Crippen molar-refractivity contribution in [3.8, 4) is 22.6 Å². The van der Waals surface area contributed by atoms with Gasteiger partial charge in [-0.1, -0.05) is 78.9 Å². The molecule has 5 rings (SSSR count). The summed E-state index contributed by atoms with van der Waals surface area (Å²) in [6.45, 7) is 1.68. The van der Waals surface area contributed by atoms with E-state index in [0.717, 1.165) is 40.2 Å². The van der Waals surface area contributed by atoms with Crippen molar-refractivity contribution >= 4 is 12.0 Å². The Balaban J connectivity index is 1.66. The zero-order chi connectivity index (χ0) is 25.8. The summed E-state index contributed by atoms with van der Waals surface area (Å²) < 4.78 is 16.4. The van der Waals surface area contributed by atoms with Crippen LogP contribution in [-0.2, 0) is 28.0 Å². The van der Waals surface area contributed by atoms with E-state index in [1.807, 2.05) is 42.5 Å². The van der Waals surface area contributed by atoms with E-state index in [4.69, 9.17) is 14.2 Å². The van der Waals surface area contributed by atoms with E-state index >= 15 is 0 Å². The maximum atomic E-state index is 11.7. The van der Waals surface area contributed by atoms with Crippen molar-refractivity contribution in [1.29, 1.82) is 0 Å². The molecule has 0 N–H and O–H groups in total. The highest BCUT2D eigenvalue weighted by molar-refractivity contribution is 5.77. The molecular weight excluding hydrogens is 460 g/mol. The first-order chi connectivity index (χ1) is 18.0. The van der Waals surface area contributed by atoms with Crippen LogP contribution in [-0.4, -0.2) is 20.2 Å². The van der Waals surface area contributed by atoms with Gasteiger partial charge < -0.3 is 14.2 Å². The predicted molar refractivity (Wildman–Crippen MR) is 147 cm³/mol. The van der Waals surface area contributed by atoms with Crippen molar-refractivity contribution in [2.75, 3.05) is 14.2 Å².